The monoisotopic (exact) mass is 363 g/mol. The summed E-state index contributed by atoms with van der Waals surface area (Å²) in [4.78, 5) is 17.1. The van der Waals surface area contributed by atoms with E-state index in [9.17, 15) is 4.79 Å². The number of nitrogens with zero attached hydrogens (tertiary/aromatic N) is 1. The van der Waals surface area contributed by atoms with Gasteiger partial charge in [-0.05, 0) is 43.7 Å². The lowest BCUT2D eigenvalue weighted by molar-refractivity contribution is -0.146. The Morgan fingerprint density at radius 3 is 2.74 bits per heavy atom. The molecule has 138 valence electrons. The minimum absolute atomic E-state index is 0.220. The summed E-state index contributed by atoms with van der Waals surface area (Å²) in [6.45, 7) is 5.06. The second kappa shape index (κ2) is 7.27. The molecule has 0 aliphatic carbocycles. The lowest BCUT2D eigenvalue weighted by Crippen LogP contribution is -2.17. The molecular weight excluding hydrogens is 342 g/mol. The van der Waals surface area contributed by atoms with Crippen LogP contribution in [0.5, 0.6) is 11.5 Å². The van der Waals surface area contributed by atoms with E-state index in [1.165, 1.54) is 0 Å². The van der Waals surface area contributed by atoms with Gasteiger partial charge in [0.15, 0.2) is 11.5 Å². The molecule has 1 aliphatic heterocycles. The van der Waals surface area contributed by atoms with Gasteiger partial charge in [0.1, 0.15) is 19.8 Å². The summed E-state index contributed by atoms with van der Waals surface area (Å²) in [7, 11) is 0. The van der Waals surface area contributed by atoms with Crippen molar-refractivity contribution < 1.29 is 19.0 Å². The highest BCUT2D eigenvalue weighted by atomic mass is 16.6. The van der Waals surface area contributed by atoms with Crippen LogP contribution in [0.15, 0.2) is 48.5 Å². The molecule has 5 heteroatoms. The van der Waals surface area contributed by atoms with Gasteiger partial charge in [-0.15, -0.1) is 0 Å². The molecule has 1 aromatic heterocycles. The molecule has 0 radical (unpaired) electrons. The summed E-state index contributed by atoms with van der Waals surface area (Å²) in [6.07, 6.45) is 0. The van der Waals surface area contributed by atoms with Crippen molar-refractivity contribution in [3.8, 4) is 11.5 Å². The van der Waals surface area contributed by atoms with E-state index in [1.54, 1.807) is 0 Å². The van der Waals surface area contributed by atoms with Gasteiger partial charge < -0.3 is 14.2 Å². The van der Waals surface area contributed by atoms with Crippen molar-refractivity contribution in [2.75, 3.05) is 13.2 Å². The number of benzene rings is 2. The van der Waals surface area contributed by atoms with Crippen LogP contribution in [-0.2, 0) is 16.1 Å². The van der Waals surface area contributed by atoms with Gasteiger partial charge in [-0.25, -0.2) is 0 Å². The van der Waals surface area contributed by atoms with E-state index in [2.05, 4.69) is 4.98 Å². The van der Waals surface area contributed by atoms with Crippen molar-refractivity contribution in [1.82, 2.24) is 4.98 Å². The van der Waals surface area contributed by atoms with Gasteiger partial charge in [-0.2, -0.15) is 0 Å². The average Bonchev–Trinajstić information content (AvgIpc) is 2.70. The Kier molecular flexibility index (Phi) is 4.67. The lowest BCUT2D eigenvalue weighted by atomic mass is 10.0. The fraction of sp³-hybridized carbons (Fsp3) is 0.273. The predicted octanol–water partition coefficient (Wildman–Crippen LogP) is 4.16. The average molecular weight is 363 g/mol. The smallest absolute Gasteiger partial charge is 0.313 e. The molecule has 27 heavy (non-hydrogen) atoms. The van der Waals surface area contributed by atoms with E-state index in [4.69, 9.17) is 14.2 Å². The third-order valence-corrected chi connectivity index (χ3v) is 4.72. The van der Waals surface area contributed by atoms with Crippen LogP contribution in [0.4, 0.5) is 0 Å². The molecule has 1 atom stereocenters. The molecule has 5 nitrogen and oxygen atoms in total. The van der Waals surface area contributed by atoms with E-state index >= 15 is 0 Å². The molecular formula is C22H21NO4. The summed E-state index contributed by atoms with van der Waals surface area (Å²) in [5, 5.41) is 1.00. The molecule has 3 aromatic rings. The molecule has 0 amide bonds. The number of ether oxygens (including phenoxy) is 3. The van der Waals surface area contributed by atoms with Gasteiger partial charge >= 0.3 is 5.97 Å². The SMILES string of the molecule is Cc1cc(COC(=O)C(C)c2ccc3c(c2)OCCO3)c2ccccc2n1. The molecule has 0 bridgehead atoms. The molecule has 0 saturated heterocycles. The Bertz CT molecular complexity index is 999. The Hall–Kier alpha value is -3.08. The number of carbonyl (C=O) groups excluding carboxylic acids is 1. The molecule has 4 rings (SSSR count). The van der Waals surface area contributed by atoms with Gasteiger partial charge in [0.25, 0.3) is 0 Å². The summed E-state index contributed by atoms with van der Waals surface area (Å²) in [5.74, 6) is 0.721. The molecule has 0 saturated carbocycles. The van der Waals surface area contributed by atoms with E-state index in [1.807, 2.05) is 62.4 Å². The van der Waals surface area contributed by atoms with Crippen molar-refractivity contribution >= 4 is 16.9 Å². The number of carbonyl (C=O) groups is 1. The maximum Gasteiger partial charge on any atom is 0.313 e. The molecule has 2 aromatic carbocycles. The number of rotatable bonds is 4. The number of hydrogen-bond acceptors (Lipinski definition) is 5. The first-order valence-electron chi connectivity index (χ1n) is 9.03. The maximum absolute atomic E-state index is 12.6. The van der Waals surface area contributed by atoms with Crippen molar-refractivity contribution in [3.63, 3.8) is 0 Å². The lowest BCUT2D eigenvalue weighted by Gasteiger charge is -2.20. The largest absolute Gasteiger partial charge is 0.486 e. The van der Waals surface area contributed by atoms with Crippen molar-refractivity contribution in [2.45, 2.75) is 26.4 Å². The zero-order valence-corrected chi connectivity index (χ0v) is 15.4. The number of aryl methyl sites for hydroxylation is 1. The summed E-state index contributed by atoms with van der Waals surface area (Å²) in [6, 6.07) is 15.4. The maximum atomic E-state index is 12.6. The van der Waals surface area contributed by atoms with Crippen LogP contribution in [0, 0.1) is 6.92 Å². The Labute approximate surface area is 157 Å². The zero-order chi connectivity index (χ0) is 18.8. The number of pyridine rings is 1. The van der Waals surface area contributed by atoms with Crippen LogP contribution in [0.3, 0.4) is 0 Å². The van der Waals surface area contributed by atoms with Gasteiger partial charge in [-0.1, -0.05) is 24.3 Å². The van der Waals surface area contributed by atoms with E-state index in [0.717, 1.165) is 27.7 Å². The topological polar surface area (TPSA) is 57.7 Å². The molecule has 2 heterocycles. The van der Waals surface area contributed by atoms with Gasteiger partial charge in [0, 0.05) is 16.6 Å². The fourth-order valence-electron chi connectivity index (χ4n) is 3.25. The van der Waals surface area contributed by atoms with E-state index < -0.39 is 5.92 Å². The highest BCUT2D eigenvalue weighted by Crippen LogP contribution is 2.33. The first-order valence-corrected chi connectivity index (χ1v) is 9.03. The normalized spacial score (nSPS) is 14.0. The Morgan fingerprint density at radius 2 is 1.89 bits per heavy atom. The molecule has 1 unspecified atom stereocenters. The zero-order valence-electron chi connectivity index (χ0n) is 15.4. The second-order valence-electron chi connectivity index (χ2n) is 6.67. The van der Waals surface area contributed by atoms with Gasteiger partial charge in [0.2, 0.25) is 0 Å². The molecule has 0 N–H and O–H groups in total. The van der Waals surface area contributed by atoms with E-state index in [-0.39, 0.29) is 12.6 Å². The highest BCUT2D eigenvalue weighted by molar-refractivity contribution is 5.83. The number of para-hydroxylation sites is 1. The molecule has 0 fully saturated rings. The second-order valence-corrected chi connectivity index (χ2v) is 6.67. The van der Waals surface area contributed by atoms with Crippen LogP contribution >= 0.6 is 0 Å². The minimum Gasteiger partial charge on any atom is -0.486 e. The van der Waals surface area contributed by atoms with Crippen molar-refractivity contribution in [2.24, 2.45) is 0 Å². The van der Waals surface area contributed by atoms with Crippen LogP contribution in [-0.4, -0.2) is 24.2 Å². The number of esters is 1. The van der Waals surface area contributed by atoms with Crippen LogP contribution in [0.2, 0.25) is 0 Å². The number of aromatic nitrogens is 1. The van der Waals surface area contributed by atoms with Gasteiger partial charge in [0.05, 0.1) is 11.4 Å². The Balaban J connectivity index is 1.50. The van der Waals surface area contributed by atoms with Crippen molar-refractivity contribution in [3.05, 3.63) is 65.4 Å². The summed E-state index contributed by atoms with van der Waals surface area (Å²) >= 11 is 0. The van der Waals surface area contributed by atoms with E-state index in [0.29, 0.717) is 24.7 Å². The van der Waals surface area contributed by atoms with Crippen LogP contribution in [0.1, 0.15) is 29.7 Å². The summed E-state index contributed by atoms with van der Waals surface area (Å²) < 4.78 is 16.7. The molecule has 0 spiro atoms. The number of fused-ring (bicyclic) bond motifs is 2. The van der Waals surface area contributed by atoms with Crippen LogP contribution < -0.4 is 9.47 Å². The highest BCUT2D eigenvalue weighted by Gasteiger charge is 2.20. The fourth-order valence-corrected chi connectivity index (χ4v) is 3.25. The quantitative estimate of drug-likeness (QED) is 0.652. The predicted molar refractivity (Wildman–Crippen MR) is 102 cm³/mol. The van der Waals surface area contributed by atoms with Crippen molar-refractivity contribution in [1.29, 1.82) is 0 Å². The minimum atomic E-state index is -0.393. The first-order chi connectivity index (χ1) is 13.1. The molecule has 1 aliphatic rings. The standard InChI is InChI=1S/C22H21NO4/c1-14-11-17(18-5-3-4-6-19(18)23-14)13-27-22(24)15(2)16-7-8-20-21(12-16)26-10-9-25-20/h3-8,11-12,15H,9-10,13H2,1-2H3. The third-order valence-electron chi connectivity index (χ3n) is 4.72. The number of hydrogen-bond donors (Lipinski definition) is 0. The third kappa shape index (κ3) is 3.58. The van der Waals surface area contributed by atoms with Gasteiger partial charge in [-0.3, -0.25) is 9.78 Å². The Morgan fingerprint density at radius 1 is 1.11 bits per heavy atom. The summed E-state index contributed by atoms with van der Waals surface area (Å²) in [5.41, 5.74) is 3.61. The first kappa shape index (κ1) is 17.3. The van der Waals surface area contributed by atoms with Crippen LogP contribution in [0.25, 0.3) is 10.9 Å².